The molecule has 4 heterocycles. The molecule has 2 amide bonds. The van der Waals surface area contributed by atoms with E-state index < -0.39 is 5.54 Å². The van der Waals surface area contributed by atoms with Gasteiger partial charge in [-0.05, 0) is 25.7 Å². The number of carbonyl (C=O) groups excluding carboxylic acids is 2. The fourth-order valence-electron chi connectivity index (χ4n) is 3.91. The van der Waals surface area contributed by atoms with Crippen LogP contribution in [0, 0.1) is 0 Å². The van der Waals surface area contributed by atoms with E-state index in [0.29, 0.717) is 37.4 Å². The summed E-state index contributed by atoms with van der Waals surface area (Å²) >= 11 is 0. The average Bonchev–Trinajstić information content (AvgIpc) is 3.44. The summed E-state index contributed by atoms with van der Waals surface area (Å²) in [5.41, 5.74) is -0.440. The second kappa shape index (κ2) is 7.05. The highest BCUT2D eigenvalue weighted by Gasteiger charge is 2.45. The number of aromatic nitrogens is 3. The Morgan fingerprint density at radius 1 is 1.15 bits per heavy atom. The van der Waals surface area contributed by atoms with Gasteiger partial charge in [0.25, 0.3) is 5.91 Å². The van der Waals surface area contributed by atoms with Gasteiger partial charge in [0.1, 0.15) is 17.6 Å². The van der Waals surface area contributed by atoms with Crippen molar-refractivity contribution in [2.24, 2.45) is 7.05 Å². The zero-order valence-electron chi connectivity index (χ0n) is 15.4. The summed E-state index contributed by atoms with van der Waals surface area (Å²) in [7, 11) is 1.85. The van der Waals surface area contributed by atoms with Gasteiger partial charge in [0, 0.05) is 45.5 Å². The van der Waals surface area contributed by atoms with Crippen LogP contribution in [0.3, 0.4) is 0 Å². The maximum absolute atomic E-state index is 13.3. The highest BCUT2D eigenvalue weighted by molar-refractivity contribution is 5.93. The van der Waals surface area contributed by atoms with Crippen LogP contribution in [-0.4, -0.2) is 68.1 Å². The third-order valence-corrected chi connectivity index (χ3v) is 5.44. The quantitative estimate of drug-likeness (QED) is 0.864. The Labute approximate surface area is 157 Å². The predicted octanol–water partition coefficient (Wildman–Crippen LogP) is 1.12. The zero-order chi connectivity index (χ0) is 18.9. The first-order valence-corrected chi connectivity index (χ1v) is 9.32. The van der Waals surface area contributed by atoms with Crippen LogP contribution >= 0.6 is 0 Å². The molecule has 27 heavy (non-hydrogen) atoms. The standard InChI is InChI=1S/C18H24N6O3/c1-22-9-4-15(21-22)20-18(17(26)24-7-2-3-8-24)5-10-23(11-6-18)16(25)14-12-27-13-19-14/h4,9,12-13H,2-3,5-8,10-11H2,1H3,(H,20,21). The highest BCUT2D eigenvalue weighted by Crippen LogP contribution is 2.30. The lowest BCUT2D eigenvalue weighted by atomic mass is 9.85. The number of likely N-dealkylation sites (tertiary alicyclic amines) is 2. The Bertz CT molecular complexity index is 801. The van der Waals surface area contributed by atoms with Crippen molar-refractivity contribution in [3.05, 3.63) is 30.6 Å². The van der Waals surface area contributed by atoms with Gasteiger partial charge in [-0.15, -0.1) is 0 Å². The fourth-order valence-corrected chi connectivity index (χ4v) is 3.91. The van der Waals surface area contributed by atoms with Crippen molar-refractivity contribution in [3.63, 3.8) is 0 Å². The number of piperidine rings is 1. The molecule has 2 aromatic heterocycles. The molecule has 1 N–H and O–H groups in total. The minimum absolute atomic E-state index is 0.110. The van der Waals surface area contributed by atoms with Crippen LogP contribution in [0.2, 0.25) is 0 Å². The summed E-state index contributed by atoms with van der Waals surface area (Å²) < 4.78 is 6.62. The lowest BCUT2D eigenvalue weighted by Crippen LogP contribution is -2.59. The number of nitrogens with zero attached hydrogens (tertiary/aromatic N) is 5. The van der Waals surface area contributed by atoms with Gasteiger partial charge in [-0.2, -0.15) is 5.10 Å². The average molecular weight is 372 g/mol. The van der Waals surface area contributed by atoms with Crippen molar-refractivity contribution >= 4 is 17.6 Å². The number of hydrogen-bond acceptors (Lipinski definition) is 6. The normalized spacial score (nSPS) is 19.3. The van der Waals surface area contributed by atoms with Crippen LogP contribution in [0.1, 0.15) is 36.2 Å². The van der Waals surface area contributed by atoms with E-state index in [4.69, 9.17) is 4.42 Å². The summed E-state index contributed by atoms with van der Waals surface area (Å²) in [6.45, 7) is 2.55. The molecule has 0 atom stereocenters. The lowest BCUT2D eigenvalue weighted by molar-refractivity contribution is -0.136. The van der Waals surface area contributed by atoms with E-state index >= 15 is 0 Å². The molecule has 2 saturated heterocycles. The SMILES string of the molecule is Cn1ccc(NC2(C(=O)N3CCCC3)CCN(C(=O)c3cocn3)CC2)n1. The molecule has 0 saturated carbocycles. The molecule has 4 rings (SSSR count). The van der Waals surface area contributed by atoms with E-state index in [1.165, 1.54) is 12.7 Å². The molecule has 0 aliphatic carbocycles. The smallest absolute Gasteiger partial charge is 0.275 e. The molecular formula is C18H24N6O3. The Hall–Kier alpha value is -2.84. The van der Waals surface area contributed by atoms with E-state index in [-0.39, 0.29) is 11.8 Å². The van der Waals surface area contributed by atoms with E-state index in [0.717, 1.165) is 25.9 Å². The second-order valence-corrected chi connectivity index (χ2v) is 7.25. The minimum atomic E-state index is -0.737. The molecule has 0 radical (unpaired) electrons. The third-order valence-electron chi connectivity index (χ3n) is 5.44. The van der Waals surface area contributed by atoms with Gasteiger partial charge in [-0.1, -0.05) is 0 Å². The number of aryl methyl sites for hydroxylation is 1. The van der Waals surface area contributed by atoms with Crippen molar-refractivity contribution in [2.45, 2.75) is 31.2 Å². The predicted molar refractivity (Wildman–Crippen MR) is 97.0 cm³/mol. The van der Waals surface area contributed by atoms with Gasteiger partial charge >= 0.3 is 0 Å². The number of rotatable bonds is 4. The van der Waals surface area contributed by atoms with Crippen LogP contribution < -0.4 is 5.32 Å². The van der Waals surface area contributed by atoms with Gasteiger partial charge < -0.3 is 19.5 Å². The molecule has 0 spiro atoms. The van der Waals surface area contributed by atoms with Gasteiger partial charge in [0.2, 0.25) is 5.91 Å². The summed E-state index contributed by atoms with van der Waals surface area (Å²) in [4.78, 5) is 33.5. The number of anilines is 1. The third kappa shape index (κ3) is 3.41. The zero-order valence-corrected chi connectivity index (χ0v) is 15.4. The Morgan fingerprint density at radius 2 is 1.89 bits per heavy atom. The molecule has 9 heteroatoms. The van der Waals surface area contributed by atoms with Crippen LogP contribution in [-0.2, 0) is 11.8 Å². The Balaban J connectivity index is 1.52. The number of hydrogen-bond donors (Lipinski definition) is 1. The highest BCUT2D eigenvalue weighted by atomic mass is 16.3. The Morgan fingerprint density at radius 3 is 2.48 bits per heavy atom. The molecule has 9 nitrogen and oxygen atoms in total. The van der Waals surface area contributed by atoms with Crippen molar-refractivity contribution in [2.75, 3.05) is 31.5 Å². The molecule has 0 aromatic carbocycles. The molecule has 0 bridgehead atoms. The summed E-state index contributed by atoms with van der Waals surface area (Å²) in [6, 6.07) is 1.87. The summed E-state index contributed by atoms with van der Waals surface area (Å²) in [6.07, 6.45) is 7.60. The number of amides is 2. The Kier molecular flexibility index (Phi) is 4.59. The van der Waals surface area contributed by atoms with E-state index in [9.17, 15) is 9.59 Å². The topological polar surface area (TPSA) is 96.5 Å². The molecule has 2 aromatic rings. The maximum Gasteiger partial charge on any atom is 0.275 e. The summed E-state index contributed by atoms with van der Waals surface area (Å²) in [5, 5.41) is 7.78. The van der Waals surface area contributed by atoms with Gasteiger partial charge in [0.05, 0.1) is 0 Å². The van der Waals surface area contributed by atoms with Crippen LogP contribution in [0.4, 0.5) is 5.82 Å². The first-order chi connectivity index (χ1) is 13.1. The first-order valence-electron chi connectivity index (χ1n) is 9.32. The van der Waals surface area contributed by atoms with Gasteiger partial charge in [0.15, 0.2) is 12.1 Å². The van der Waals surface area contributed by atoms with Crippen molar-refractivity contribution in [1.82, 2.24) is 24.6 Å². The lowest BCUT2D eigenvalue weighted by Gasteiger charge is -2.42. The van der Waals surface area contributed by atoms with Gasteiger partial charge in [-0.25, -0.2) is 4.98 Å². The van der Waals surface area contributed by atoms with Crippen molar-refractivity contribution < 1.29 is 14.0 Å². The molecule has 2 fully saturated rings. The number of oxazole rings is 1. The molecule has 144 valence electrons. The van der Waals surface area contributed by atoms with Crippen molar-refractivity contribution in [3.8, 4) is 0 Å². The molecular weight excluding hydrogens is 348 g/mol. The minimum Gasteiger partial charge on any atom is -0.451 e. The molecule has 2 aliphatic heterocycles. The summed E-state index contributed by atoms with van der Waals surface area (Å²) in [5.74, 6) is 0.629. The molecule has 0 unspecified atom stereocenters. The maximum atomic E-state index is 13.3. The van der Waals surface area contributed by atoms with Gasteiger partial charge in [-0.3, -0.25) is 14.3 Å². The second-order valence-electron chi connectivity index (χ2n) is 7.25. The largest absolute Gasteiger partial charge is 0.451 e. The monoisotopic (exact) mass is 372 g/mol. The first kappa shape index (κ1) is 17.6. The van der Waals surface area contributed by atoms with E-state index in [2.05, 4.69) is 15.4 Å². The molecule has 2 aliphatic rings. The number of carbonyl (C=O) groups is 2. The van der Waals surface area contributed by atoms with Crippen LogP contribution in [0.25, 0.3) is 0 Å². The van der Waals surface area contributed by atoms with Crippen molar-refractivity contribution in [1.29, 1.82) is 0 Å². The van der Waals surface area contributed by atoms with Crippen LogP contribution in [0.15, 0.2) is 29.3 Å². The van der Waals surface area contributed by atoms with Crippen LogP contribution in [0.5, 0.6) is 0 Å². The van der Waals surface area contributed by atoms with E-state index in [1.54, 1.807) is 9.58 Å². The number of nitrogens with one attached hydrogen (secondary N) is 1. The van der Waals surface area contributed by atoms with E-state index in [1.807, 2.05) is 24.2 Å². The fraction of sp³-hybridized carbons (Fsp3) is 0.556.